The van der Waals surface area contributed by atoms with Gasteiger partial charge in [0.25, 0.3) is 5.91 Å². The van der Waals surface area contributed by atoms with E-state index in [4.69, 9.17) is 16.3 Å². The lowest BCUT2D eigenvalue weighted by molar-refractivity contribution is -0.118. The van der Waals surface area contributed by atoms with Gasteiger partial charge in [-0.05, 0) is 49.2 Å². The van der Waals surface area contributed by atoms with Crippen LogP contribution in [0.2, 0.25) is 5.02 Å². The average molecular weight is 357 g/mol. The van der Waals surface area contributed by atoms with E-state index in [2.05, 4.69) is 15.4 Å². The van der Waals surface area contributed by atoms with Gasteiger partial charge in [0.05, 0.1) is 11.4 Å². The number of halogens is 1. The lowest BCUT2D eigenvalue weighted by atomic mass is 10.1. The molecule has 3 rings (SSSR count). The molecule has 0 radical (unpaired) electrons. The van der Waals surface area contributed by atoms with Crippen molar-refractivity contribution in [2.24, 2.45) is 0 Å². The second kappa shape index (κ2) is 7.36. The first-order chi connectivity index (χ1) is 12.0. The Morgan fingerprint density at radius 3 is 2.84 bits per heavy atom. The van der Waals surface area contributed by atoms with E-state index < -0.39 is 0 Å². The fourth-order valence-electron chi connectivity index (χ4n) is 2.33. The minimum Gasteiger partial charge on any atom is -0.483 e. The molecule has 0 unspecified atom stereocenters. The van der Waals surface area contributed by atoms with Gasteiger partial charge in [0, 0.05) is 5.02 Å². The van der Waals surface area contributed by atoms with E-state index in [1.807, 2.05) is 32.0 Å². The maximum atomic E-state index is 12.3. The van der Waals surface area contributed by atoms with E-state index in [1.165, 1.54) is 6.33 Å². The first kappa shape index (κ1) is 17.0. The topological polar surface area (TPSA) is 69.0 Å². The Hall–Kier alpha value is -2.86. The molecule has 6 nitrogen and oxygen atoms in total. The van der Waals surface area contributed by atoms with Crippen LogP contribution in [0.5, 0.6) is 5.75 Å². The number of benzene rings is 2. The first-order valence-electron chi connectivity index (χ1n) is 7.67. The van der Waals surface area contributed by atoms with Crippen molar-refractivity contribution in [3.8, 4) is 11.4 Å². The molecule has 25 heavy (non-hydrogen) atoms. The van der Waals surface area contributed by atoms with Gasteiger partial charge in [-0.1, -0.05) is 23.7 Å². The molecule has 7 heteroatoms. The number of carbonyl (C=O) groups is 1. The summed E-state index contributed by atoms with van der Waals surface area (Å²) in [5.74, 6) is 0.405. The lowest BCUT2D eigenvalue weighted by Gasteiger charge is -2.13. The molecule has 0 saturated carbocycles. The number of carbonyl (C=O) groups excluding carboxylic acids is 1. The Morgan fingerprint density at radius 1 is 1.24 bits per heavy atom. The largest absolute Gasteiger partial charge is 0.483 e. The molecular formula is C18H17ClN4O2. The summed E-state index contributed by atoms with van der Waals surface area (Å²) in [6, 6.07) is 11.0. The number of hydrogen-bond donors (Lipinski definition) is 1. The molecule has 1 heterocycles. The molecule has 1 aromatic heterocycles. The zero-order valence-corrected chi connectivity index (χ0v) is 14.6. The van der Waals surface area contributed by atoms with Crippen molar-refractivity contribution < 1.29 is 9.53 Å². The molecule has 0 aliphatic carbocycles. The van der Waals surface area contributed by atoms with Gasteiger partial charge >= 0.3 is 0 Å². The van der Waals surface area contributed by atoms with E-state index >= 15 is 0 Å². The number of aromatic nitrogens is 3. The zero-order valence-electron chi connectivity index (χ0n) is 13.9. The van der Waals surface area contributed by atoms with Crippen molar-refractivity contribution >= 4 is 23.2 Å². The van der Waals surface area contributed by atoms with Crippen LogP contribution in [-0.4, -0.2) is 27.3 Å². The highest BCUT2D eigenvalue weighted by Crippen LogP contribution is 2.24. The van der Waals surface area contributed by atoms with Gasteiger partial charge in [-0.2, -0.15) is 5.10 Å². The van der Waals surface area contributed by atoms with Crippen LogP contribution in [0.3, 0.4) is 0 Å². The van der Waals surface area contributed by atoms with Crippen molar-refractivity contribution in [1.82, 2.24) is 14.8 Å². The number of hydrogen-bond acceptors (Lipinski definition) is 4. The fourth-order valence-corrected chi connectivity index (χ4v) is 2.51. The van der Waals surface area contributed by atoms with Crippen LogP contribution >= 0.6 is 11.6 Å². The van der Waals surface area contributed by atoms with Crippen LogP contribution in [0.15, 0.2) is 49.1 Å². The van der Waals surface area contributed by atoms with Gasteiger partial charge in [0.15, 0.2) is 6.61 Å². The van der Waals surface area contributed by atoms with Crippen molar-refractivity contribution in [1.29, 1.82) is 0 Å². The number of rotatable bonds is 5. The predicted octanol–water partition coefficient (Wildman–Crippen LogP) is 3.56. The van der Waals surface area contributed by atoms with E-state index in [9.17, 15) is 4.79 Å². The highest BCUT2D eigenvalue weighted by Gasteiger charge is 2.11. The summed E-state index contributed by atoms with van der Waals surface area (Å²) in [5, 5.41) is 7.39. The highest BCUT2D eigenvalue weighted by molar-refractivity contribution is 6.31. The Kier molecular flexibility index (Phi) is 5.00. The van der Waals surface area contributed by atoms with E-state index in [0.717, 1.165) is 11.1 Å². The van der Waals surface area contributed by atoms with E-state index in [0.29, 0.717) is 22.1 Å². The first-order valence-corrected chi connectivity index (χ1v) is 8.05. The van der Waals surface area contributed by atoms with Crippen LogP contribution in [0, 0.1) is 13.8 Å². The number of anilines is 1. The van der Waals surface area contributed by atoms with Gasteiger partial charge in [0.1, 0.15) is 18.4 Å². The summed E-state index contributed by atoms with van der Waals surface area (Å²) in [4.78, 5) is 16.2. The normalized spacial score (nSPS) is 10.5. The lowest BCUT2D eigenvalue weighted by Crippen LogP contribution is -2.21. The van der Waals surface area contributed by atoms with E-state index in [-0.39, 0.29) is 12.5 Å². The summed E-state index contributed by atoms with van der Waals surface area (Å²) in [6.45, 7) is 3.81. The zero-order chi connectivity index (χ0) is 17.8. The smallest absolute Gasteiger partial charge is 0.262 e. The number of nitrogens with one attached hydrogen (secondary N) is 1. The minimum atomic E-state index is -0.287. The van der Waals surface area contributed by atoms with Crippen LogP contribution in [0.1, 0.15) is 11.1 Å². The molecule has 0 bridgehead atoms. The molecule has 1 N–H and O–H groups in total. The number of nitrogens with zero attached hydrogens (tertiary/aromatic N) is 3. The summed E-state index contributed by atoms with van der Waals surface area (Å²) in [5.41, 5.74) is 3.25. The third kappa shape index (κ3) is 4.16. The molecule has 0 aliphatic heterocycles. The van der Waals surface area contributed by atoms with Gasteiger partial charge in [-0.3, -0.25) is 4.79 Å². The van der Waals surface area contributed by atoms with Gasteiger partial charge in [-0.15, -0.1) is 0 Å². The SMILES string of the molecule is Cc1ccc(C)c(OCC(=O)Nc2cc(Cl)ccc2-n2cncn2)c1. The summed E-state index contributed by atoms with van der Waals surface area (Å²) in [7, 11) is 0. The van der Waals surface area contributed by atoms with Crippen molar-refractivity contribution in [2.75, 3.05) is 11.9 Å². The summed E-state index contributed by atoms with van der Waals surface area (Å²) in [6.07, 6.45) is 2.97. The molecule has 0 fully saturated rings. The highest BCUT2D eigenvalue weighted by atomic mass is 35.5. The molecular weight excluding hydrogens is 340 g/mol. The minimum absolute atomic E-state index is 0.104. The predicted molar refractivity (Wildman–Crippen MR) is 96.4 cm³/mol. The molecule has 0 atom stereocenters. The van der Waals surface area contributed by atoms with Crippen LogP contribution in [0.4, 0.5) is 5.69 Å². The molecule has 0 aliphatic rings. The van der Waals surface area contributed by atoms with Crippen LogP contribution < -0.4 is 10.1 Å². The third-order valence-corrected chi connectivity index (χ3v) is 3.84. The van der Waals surface area contributed by atoms with Crippen molar-refractivity contribution in [3.63, 3.8) is 0 Å². The second-order valence-corrected chi connectivity index (χ2v) is 6.04. The van der Waals surface area contributed by atoms with Gasteiger partial charge in [0.2, 0.25) is 0 Å². The molecule has 128 valence electrons. The summed E-state index contributed by atoms with van der Waals surface area (Å²) < 4.78 is 7.19. The third-order valence-electron chi connectivity index (χ3n) is 3.60. The van der Waals surface area contributed by atoms with Crippen LogP contribution in [0.25, 0.3) is 5.69 Å². The summed E-state index contributed by atoms with van der Waals surface area (Å²) >= 11 is 6.04. The molecule has 3 aromatic rings. The number of aryl methyl sites for hydroxylation is 2. The Morgan fingerprint density at radius 2 is 2.08 bits per heavy atom. The maximum Gasteiger partial charge on any atom is 0.262 e. The number of amides is 1. The average Bonchev–Trinajstić information content (AvgIpc) is 3.10. The second-order valence-electron chi connectivity index (χ2n) is 5.61. The molecule has 0 saturated heterocycles. The standard InChI is InChI=1S/C18H17ClN4O2/c1-12-3-4-13(2)17(7-12)25-9-18(24)22-15-8-14(19)5-6-16(15)23-11-20-10-21-23/h3-8,10-11H,9H2,1-2H3,(H,22,24). The maximum absolute atomic E-state index is 12.3. The monoisotopic (exact) mass is 356 g/mol. The Balaban J connectivity index is 1.73. The fraction of sp³-hybridized carbons (Fsp3) is 0.167. The van der Waals surface area contributed by atoms with Crippen molar-refractivity contribution in [2.45, 2.75) is 13.8 Å². The molecule has 0 spiro atoms. The molecule has 1 amide bonds. The Bertz CT molecular complexity index is 894. The van der Waals surface area contributed by atoms with Crippen LogP contribution in [-0.2, 0) is 4.79 Å². The Labute approximate surface area is 150 Å². The van der Waals surface area contributed by atoms with E-state index in [1.54, 1.807) is 29.2 Å². The number of ether oxygens (including phenoxy) is 1. The van der Waals surface area contributed by atoms with Gasteiger partial charge < -0.3 is 10.1 Å². The van der Waals surface area contributed by atoms with Gasteiger partial charge in [-0.25, -0.2) is 9.67 Å². The molecule has 2 aromatic carbocycles. The quantitative estimate of drug-likeness (QED) is 0.759. The van der Waals surface area contributed by atoms with Crippen molar-refractivity contribution in [3.05, 3.63) is 65.2 Å².